The molecule has 0 saturated heterocycles. The van der Waals surface area contributed by atoms with Crippen molar-refractivity contribution in [1.29, 1.82) is 5.26 Å². The van der Waals surface area contributed by atoms with Gasteiger partial charge >= 0.3 is 5.97 Å². The third kappa shape index (κ3) is 7.78. The van der Waals surface area contributed by atoms with E-state index in [1.807, 2.05) is 6.92 Å². The zero-order chi connectivity index (χ0) is 14.7. The Bertz CT molecular complexity index is 374. The molecule has 0 aliphatic rings. The average molecular weight is 269 g/mol. The van der Waals surface area contributed by atoms with E-state index in [1.54, 1.807) is 6.07 Å². The van der Waals surface area contributed by atoms with Crippen LogP contribution in [0.25, 0.3) is 0 Å². The summed E-state index contributed by atoms with van der Waals surface area (Å²) in [6.07, 6.45) is 1.76. The lowest BCUT2D eigenvalue weighted by Crippen LogP contribution is -2.32. The number of nitrogens with zero attached hydrogens (tertiary/aromatic N) is 1. The number of nitrogens with one attached hydrogen (secondary N) is 2. The molecule has 0 bridgehead atoms. The number of nitriles is 1. The third-order valence-electron chi connectivity index (χ3n) is 2.17. The smallest absolute Gasteiger partial charge is 0.325 e. The van der Waals surface area contributed by atoms with E-state index in [0.717, 1.165) is 6.20 Å². The molecule has 0 aliphatic carbocycles. The zero-order valence-electron chi connectivity index (χ0n) is 11.1. The highest BCUT2D eigenvalue weighted by atomic mass is 16.5. The van der Waals surface area contributed by atoms with Crippen molar-refractivity contribution in [1.82, 2.24) is 10.6 Å². The first-order valence-electron chi connectivity index (χ1n) is 5.98. The Morgan fingerprint density at radius 3 is 2.74 bits per heavy atom. The van der Waals surface area contributed by atoms with Gasteiger partial charge in [-0.2, -0.15) is 5.26 Å². The minimum absolute atomic E-state index is 0.162. The molecule has 0 aromatic heterocycles. The average Bonchev–Trinajstić information content (AvgIpc) is 2.38. The van der Waals surface area contributed by atoms with Crippen molar-refractivity contribution in [2.45, 2.75) is 26.3 Å². The van der Waals surface area contributed by atoms with Crippen molar-refractivity contribution in [2.75, 3.05) is 19.8 Å². The largest absolute Gasteiger partial charge is 0.480 e. The molecule has 0 fully saturated rings. The van der Waals surface area contributed by atoms with Crippen molar-refractivity contribution in [3.8, 4) is 6.07 Å². The van der Waals surface area contributed by atoms with Gasteiger partial charge in [0.2, 0.25) is 0 Å². The van der Waals surface area contributed by atoms with E-state index in [0.29, 0.717) is 26.2 Å². The molecule has 1 atom stereocenters. The Morgan fingerprint density at radius 2 is 2.21 bits per heavy atom. The number of carboxylic acid groups (broad SMARTS) is 1. The lowest BCUT2D eigenvalue weighted by molar-refractivity contribution is -0.138. The van der Waals surface area contributed by atoms with Gasteiger partial charge in [0, 0.05) is 26.0 Å². The van der Waals surface area contributed by atoms with E-state index in [1.165, 1.54) is 6.92 Å². The molecule has 7 nitrogen and oxygen atoms in total. The SMILES string of the molecule is CCOCCCNC(=O)/C(C#N)=C\NC(C)C(=O)O. The van der Waals surface area contributed by atoms with Crippen molar-refractivity contribution >= 4 is 11.9 Å². The van der Waals surface area contributed by atoms with Crippen molar-refractivity contribution in [3.63, 3.8) is 0 Å². The van der Waals surface area contributed by atoms with Gasteiger partial charge in [0.15, 0.2) is 0 Å². The maximum absolute atomic E-state index is 11.6. The van der Waals surface area contributed by atoms with E-state index in [9.17, 15) is 9.59 Å². The molecule has 1 unspecified atom stereocenters. The number of carbonyl (C=O) groups is 2. The molecule has 0 aliphatic heterocycles. The van der Waals surface area contributed by atoms with Gasteiger partial charge in [-0.25, -0.2) is 0 Å². The number of carbonyl (C=O) groups excluding carboxylic acids is 1. The second kappa shape index (κ2) is 9.91. The van der Waals surface area contributed by atoms with Crippen LogP contribution in [0.3, 0.4) is 0 Å². The molecule has 0 aromatic carbocycles. The predicted molar refractivity (Wildman–Crippen MR) is 68.0 cm³/mol. The predicted octanol–water partition coefficient (Wildman–Crippen LogP) is -0.000620. The summed E-state index contributed by atoms with van der Waals surface area (Å²) in [6.45, 7) is 4.84. The fourth-order valence-electron chi connectivity index (χ4n) is 1.04. The van der Waals surface area contributed by atoms with Gasteiger partial charge in [-0.15, -0.1) is 0 Å². The number of hydrogen-bond donors (Lipinski definition) is 3. The number of ether oxygens (including phenoxy) is 1. The highest BCUT2D eigenvalue weighted by Crippen LogP contribution is 1.92. The number of hydrogen-bond acceptors (Lipinski definition) is 5. The number of amides is 1. The summed E-state index contributed by atoms with van der Waals surface area (Å²) in [4.78, 5) is 22.1. The highest BCUT2D eigenvalue weighted by molar-refractivity contribution is 5.97. The van der Waals surface area contributed by atoms with Crippen LogP contribution >= 0.6 is 0 Å². The number of aliphatic carboxylic acids is 1. The fourth-order valence-corrected chi connectivity index (χ4v) is 1.04. The standard InChI is InChI=1S/C12H19N3O4/c1-3-19-6-4-5-14-11(16)10(7-13)8-15-9(2)12(17)18/h8-9,15H,3-6H2,1-2H3,(H,14,16)(H,17,18)/b10-8-. The van der Waals surface area contributed by atoms with Crippen LogP contribution in [0.5, 0.6) is 0 Å². The zero-order valence-corrected chi connectivity index (χ0v) is 11.1. The van der Waals surface area contributed by atoms with E-state index < -0.39 is 17.9 Å². The minimum Gasteiger partial charge on any atom is -0.480 e. The van der Waals surface area contributed by atoms with Crippen LogP contribution in [0.15, 0.2) is 11.8 Å². The molecular formula is C12H19N3O4. The fraction of sp³-hybridized carbons (Fsp3) is 0.583. The van der Waals surface area contributed by atoms with Gasteiger partial charge in [0.25, 0.3) is 5.91 Å². The Balaban J connectivity index is 4.14. The van der Waals surface area contributed by atoms with Crippen LogP contribution in [-0.2, 0) is 14.3 Å². The Kier molecular flexibility index (Phi) is 8.83. The molecule has 0 spiro atoms. The molecule has 0 heterocycles. The molecule has 19 heavy (non-hydrogen) atoms. The highest BCUT2D eigenvalue weighted by Gasteiger charge is 2.11. The Hall–Kier alpha value is -2.07. The van der Waals surface area contributed by atoms with Gasteiger partial charge in [-0.05, 0) is 20.3 Å². The van der Waals surface area contributed by atoms with Crippen LogP contribution in [0.4, 0.5) is 0 Å². The summed E-state index contributed by atoms with van der Waals surface area (Å²) in [5.74, 6) is -1.60. The second-order valence-corrected chi connectivity index (χ2v) is 3.70. The lowest BCUT2D eigenvalue weighted by atomic mass is 10.2. The number of carboxylic acids is 1. The first-order valence-corrected chi connectivity index (χ1v) is 5.98. The maximum Gasteiger partial charge on any atom is 0.325 e. The molecule has 0 radical (unpaired) electrons. The van der Waals surface area contributed by atoms with Gasteiger partial charge in [-0.1, -0.05) is 0 Å². The van der Waals surface area contributed by atoms with Crippen LogP contribution < -0.4 is 10.6 Å². The van der Waals surface area contributed by atoms with E-state index >= 15 is 0 Å². The Labute approximate surface area is 112 Å². The second-order valence-electron chi connectivity index (χ2n) is 3.70. The molecule has 106 valence electrons. The molecule has 7 heteroatoms. The third-order valence-corrected chi connectivity index (χ3v) is 2.17. The molecule has 1 amide bonds. The van der Waals surface area contributed by atoms with E-state index in [4.69, 9.17) is 15.1 Å². The van der Waals surface area contributed by atoms with Crippen LogP contribution in [0.1, 0.15) is 20.3 Å². The van der Waals surface area contributed by atoms with Crippen LogP contribution in [-0.4, -0.2) is 42.8 Å². The first kappa shape index (κ1) is 16.9. The first-order chi connectivity index (χ1) is 9.02. The molecule has 0 saturated carbocycles. The molecule has 0 aromatic rings. The van der Waals surface area contributed by atoms with Gasteiger partial charge in [0.05, 0.1) is 0 Å². The molecule has 0 rings (SSSR count). The summed E-state index contributed by atoms with van der Waals surface area (Å²) in [5.41, 5.74) is -0.162. The molecular weight excluding hydrogens is 250 g/mol. The van der Waals surface area contributed by atoms with Crippen LogP contribution in [0, 0.1) is 11.3 Å². The van der Waals surface area contributed by atoms with Crippen LogP contribution in [0.2, 0.25) is 0 Å². The van der Waals surface area contributed by atoms with Crippen molar-refractivity contribution < 1.29 is 19.4 Å². The van der Waals surface area contributed by atoms with Gasteiger partial charge in [0.1, 0.15) is 17.7 Å². The summed E-state index contributed by atoms with van der Waals surface area (Å²) >= 11 is 0. The van der Waals surface area contributed by atoms with Gasteiger partial charge < -0.3 is 20.5 Å². The minimum atomic E-state index is -1.06. The Morgan fingerprint density at radius 1 is 1.53 bits per heavy atom. The summed E-state index contributed by atoms with van der Waals surface area (Å²) in [5, 5.41) is 22.4. The summed E-state index contributed by atoms with van der Waals surface area (Å²) in [7, 11) is 0. The van der Waals surface area contributed by atoms with Crippen molar-refractivity contribution in [3.05, 3.63) is 11.8 Å². The number of rotatable bonds is 9. The molecule has 3 N–H and O–H groups in total. The topological polar surface area (TPSA) is 111 Å². The summed E-state index contributed by atoms with van der Waals surface area (Å²) < 4.78 is 5.10. The monoisotopic (exact) mass is 269 g/mol. The van der Waals surface area contributed by atoms with Crippen molar-refractivity contribution in [2.24, 2.45) is 0 Å². The van der Waals surface area contributed by atoms with E-state index in [-0.39, 0.29) is 5.57 Å². The lowest BCUT2D eigenvalue weighted by Gasteiger charge is -2.07. The van der Waals surface area contributed by atoms with Gasteiger partial charge in [-0.3, -0.25) is 9.59 Å². The maximum atomic E-state index is 11.6. The normalized spacial score (nSPS) is 12.4. The quantitative estimate of drug-likeness (QED) is 0.308. The van der Waals surface area contributed by atoms with E-state index in [2.05, 4.69) is 10.6 Å². The summed E-state index contributed by atoms with van der Waals surface area (Å²) in [6, 6.07) is 0.844.